The van der Waals surface area contributed by atoms with Gasteiger partial charge >= 0.3 is 0 Å². The lowest BCUT2D eigenvalue weighted by Gasteiger charge is -2.06. The number of anilines is 1. The summed E-state index contributed by atoms with van der Waals surface area (Å²) in [6.45, 7) is 8.29. The zero-order valence-corrected chi connectivity index (χ0v) is 17.4. The number of fused-ring (bicyclic) bond motifs is 1. The Morgan fingerprint density at radius 2 is 2.04 bits per heavy atom. The minimum absolute atomic E-state index is 0.0285. The molecule has 3 aromatic rings. The van der Waals surface area contributed by atoms with Crippen molar-refractivity contribution in [3.05, 3.63) is 64.7 Å². The van der Waals surface area contributed by atoms with Crippen LogP contribution in [0.2, 0.25) is 0 Å². The molecule has 0 saturated carbocycles. The smallest absolute Gasteiger partial charge is 0.221 e. The number of halogens is 1. The summed E-state index contributed by atoms with van der Waals surface area (Å²) in [4.78, 5) is 0. The molecule has 3 rings (SSSR count). The van der Waals surface area contributed by atoms with Crippen LogP contribution in [0, 0.1) is 13.8 Å². The number of aryl methyl sites for hydroxylation is 2. The summed E-state index contributed by atoms with van der Waals surface area (Å²) in [5.41, 5.74) is 4.44. The highest BCUT2D eigenvalue weighted by atomic mass is 79.9. The van der Waals surface area contributed by atoms with E-state index in [1.54, 1.807) is 10.6 Å². The number of aromatic nitrogens is 1. The van der Waals surface area contributed by atoms with E-state index < -0.39 is 0 Å². The number of azo groups is 1. The molecule has 0 spiro atoms. The number of aromatic hydroxyl groups is 1. The topological polar surface area (TPSA) is 61.9 Å². The maximum Gasteiger partial charge on any atom is 0.221 e. The van der Waals surface area contributed by atoms with Gasteiger partial charge in [0.15, 0.2) is 5.69 Å². The second kappa shape index (κ2) is 8.02. The Kier molecular flexibility index (Phi) is 5.72. The Morgan fingerprint density at radius 3 is 2.74 bits per heavy atom. The fourth-order valence-corrected chi connectivity index (χ4v) is 3.29. The molecule has 138 valence electrons. The zero-order chi connectivity index (χ0) is 19.6. The Labute approximate surface area is 171 Å². The SMILES string of the molecule is C=CCn1c(O)c(N=NC(=S)Nc2ccc(C)c(C)c2)c2cc(Br)ccc21. The Hall–Kier alpha value is -2.51. The molecule has 5 nitrogen and oxygen atoms in total. The van der Waals surface area contributed by atoms with Crippen LogP contribution < -0.4 is 5.32 Å². The maximum absolute atomic E-state index is 10.6. The summed E-state index contributed by atoms with van der Waals surface area (Å²) in [7, 11) is 0. The lowest BCUT2D eigenvalue weighted by Crippen LogP contribution is -2.05. The van der Waals surface area contributed by atoms with Crippen LogP contribution >= 0.6 is 28.1 Å². The molecule has 0 bridgehead atoms. The van der Waals surface area contributed by atoms with Crippen molar-refractivity contribution in [2.45, 2.75) is 20.4 Å². The van der Waals surface area contributed by atoms with Crippen LogP contribution in [0.3, 0.4) is 0 Å². The molecule has 27 heavy (non-hydrogen) atoms. The lowest BCUT2D eigenvalue weighted by atomic mass is 10.1. The summed E-state index contributed by atoms with van der Waals surface area (Å²) in [5.74, 6) is 0.0285. The first kappa shape index (κ1) is 19.3. The first-order valence-corrected chi connectivity index (χ1v) is 9.52. The second-order valence-corrected chi connectivity index (χ2v) is 7.46. The van der Waals surface area contributed by atoms with Crippen LogP contribution in [0.15, 0.2) is 63.8 Å². The predicted molar refractivity (Wildman–Crippen MR) is 118 cm³/mol. The quantitative estimate of drug-likeness (QED) is 0.279. The molecular weight excluding hydrogens is 424 g/mol. The van der Waals surface area contributed by atoms with E-state index in [1.165, 1.54) is 5.56 Å². The number of hydrogen-bond donors (Lipinski definition) is 2. The zero-order valence-electron chi connectivity index (χ0n) is 15.0. The normalized spacial score (nSPS) is 11.2. The number of nitrogens with zero attached hydrogens (tertiary/aromatic N) is 3. The Balaban J connectivity index is 1.91. The van der Waals surface area contributed by atoms with Gasteiger partial charge in [-0.15, -0.1) is 16.8 Å². The van der Waals surface area contributed by atoms with Gasteiger partial charge in [-0.25, -0.2) is 0 Å². The molecular formula is C20H19BrN4OS. The van der Waals surface area contributed by atoms with Crippen molar-refractivity contribution in [1.29, 1.82) is 0 Å². The highest BCUT2D eigenvalue weighted by molar-refractivity contribution is 9.10. The van der Waals surface area contributed by atoms with Crippen molar-refractivity contribution in [3.8, 4) is 5.88 Å². The minimum atomic E-state index is 0.0285. The van der Waals surface area contributed by atoms with E-state index in [4.69, 9.17) is 12.2 Å². The third-order valence-electron chi connectivity index (χ3n) is 4.28. The molecule has 0 aliphatic heterocycles. The van der Waals surface area contributed by atoms with Gasteiger partial charge in [-0.2, -0.15) is 0 Å². The fourth-order valence-electron chi connectivity index (χ4n) is 2.77. The minimum Gasteiger partial charge on any atom is -0.493 e. The molecule has 2 aromatic carbocycles. The summed E-state index contributed by atoms with van der Waals surface area (Å²) in [5, 5.41) is 22.9. The maximum atomic E-state index is 10.6. The van der Waals surface area contributed by atoms with Gasteiger partial charge in [0.1, 0.15) is 0 Å². The number of hydrogen-bond acceptors (Lipinski definition) is 3. The van der Waals surface area contributed by atoms with Crippen molar-refractivity contribution in [2.24, 2.45) is 10.2 Å². The highest BCUT2D eigenvalue weighted by Crippen LogP contribution is 2.40. The number of thiocarbonyl (C=S) groups is 1. The van der Waals surface area contributed by atoms with Gasteiger partial charge in [0.25, 0.3) is 0 Å². The summed E-state index contributed by atoms with van der Waals surface area (Å²) in [6.07, 6.45) is 1.72. The summed E-state index contributed by atoms with van der Waals surface area (Å²) in [6, 6.07) is 11.7. The van der Waals surface area contributed by atoms with E-state index in [2.05, 4.69) is 45.0 Å². The van der Waals surface area contributed by atoms with Gasteiger partial charge in [-0.3, -0.25) is 0 Å². The number of benzene rings is 2. The molecule has 0 radical (unpaired) electrons. The second-order valence-electron chi connectivity index (χ2n) is 6.16. The summed E-state index contributed by atoms with van der Waals surface area (Å²) >= 11 is 8.73. The van der Waals surface area contributed by atoms with Gasteiger partial charge in [-0.05, 0) is 67.5 Å². The number of nitrogens with one attached hydrogen (secondary N) is 1. The highest BCUT2D eigenvalue weighted by Gasteiger charge is 2.16. The fraction of sp³-hybridized carbons (Fsp3) is 0.150. The van der Waals surface area contributed by atoms with E-state index in [0.29, 0.717) is 12.2 Å². The van der Waals surface area contributed by atoms with Crippen molar-refractivity contribution in [1.82, 2.24) is 4.57 Å². The first-order chi connectivity index (χ1) is 12.9. The van der Waals surface area contributed by atoms with Crippen LogP contribution in [0.25, 0.3) is 10.9 Å². The average Bonchev–Trinajstić information content (AvgIpc) is 2.88. The molecule has 0 fully saturated rings. The molecule has 0 atom stereocenters. The standard InChI is InChI=1S/C20H19BrN4OS/c1-4-9-25-17-8-6-14(21)11-16(17)18(19(25)26)23-24-20(27)22-15-7-5-12(2)13(3)10-15/h4-8,10-11,26H,1,9H2,2-3H3,(H,22,27). The van der Waals surface area contributed by atoms with E-state index in [0.717, 1.165) is 26.6 Å². The van der Waals surface area contributed by atoms with E-state index in [1.807, 2.05) is 43.3 Å². The third-order valence-corrected chi connectivity index (χ3v) is 4.96. The van der Waals surface area contributed by atoms with Crippen LogP contribution in [0.4, 0.5) is 11.4 Å². The largest absolute Gasteiger partial charge is 0.493 e. The number of allylic oxidation sites excluding steroid dienone is 1. The Bertz CT molecular complexity index is 1070. The lowest BCUT2D eigenvalue weighted by molar-refractivity contribution is 0.431. The Morgan fingerprint density at radius 1 is 1.26 bits per heavy atom. The van der Waals surface area contributed by atoms with Crippen LogP contribution in [-0.2, 0) is 6.54 Å². The number of rotatable bonds is 4. The van der Waals surface area contributed by atoms with Gasteiger partial charge in [0, 0.05) is 22.1 Å². The molecule has 0 saturated heterocycles. The van der Waals surface area contributed by atoms with Crippen LogP contribution in [0.5, 0.6) is 5.88 Å². The van der Waals surface area contributed by atoms with Crippen molar-refractivity contribution >= 4 is 55.5 Å². The van der Waals surface area contributed by atoms with Crippen molar-refractivity contribution < 1.29 is 5.11 Å². The molecule has 0 unspecified atom stereocenters. The van der Waals surface area contributed by atoms with Gasteiger partial charge in [0.05, 0.1) is 5.52 Å². The third kappa shape index (κ3) is 4.09. The molecule has 0 amide bonds. The van der Waals surface area contributed by atoms with E-state index in [-0.39, 0.29) is 11.0 Å². The van der Waals surface area contributed by atoms with Gasteiger partial charge in [0.2, 0.25) is 11.0 Å². The van der Waals surface area contributed by atoms with Crippen molar-refractivity contribution in [3.63, 3.8) is 0 Å². The van der Waals surface area contributed by atoms with E-state index in [9.17, 15) is 5.11 Å². The summed E-state index contributed by atoms with van der Waals surface area (Å²) < 4.78 is 2.61. The van der Waals surface area contributed by atoms with E-state index >= 15 is 0 Å². The molecule has 7 heteroatoms. The first-order valence-electron chi connectivity index (χ1n) is 8.32. The van der Waals surface area contributed by atoms with Crippen LogP contribution in [-0.4, -0.2) is 14.8 Å². The van der Waals surface area contributed by atoms with Crippen molar-refractivity contribution in [2.75, 3.05) is 5.32 Å². The molecule has 0 aliphatic rings. The molecule has 1 aromatic heterocycles. The van der Waals surface area contributed by atoms with Crippen LogP contribution in [0.1, 0.15) is 11.1 Å². The predicted octanol–water partition coefficient (Wildman–Crippen LogP) is 6.39. The monoisotopic (exact) mass is 442 g/mol. The molecule has 1 heterocycles. The molecule has 2 N–H and O–H groups in total. The average molecular weight is 443 g/mol. The van der Waals surface area contributed by atoms with Gasteiger partial charge in [-0.1, -0.05) is 28.1 Å². The molecule has 0 aliphatic carbocycles. The van der Waals surface area contributed by atoms with Gasteiger partial charge < -0.3 is 15.0 Å².